The minimum absolute atomic E-state index is 0.0449. The highest BCUT2D eigenvalue weighted by Crippen LogP contribution is 2.22. The first-order valence-corrected chi connectivity index (χ1v) is 7.77. The summed E-state index contributed by atoms with van der Waals surface area (Å²) < 4.78 is 0. The predicted molar refractivity (Wildman–Crippen MR) is 87.5 cm³/mol. The van der Waals surface area contributed by atoms with Crippen molar-refractivity contribution in [3.05, 3.63) is 11.9 Å². The van der Waals surface area contributed by atoms with Crippen molar-refractivity contribution in [2.75, 3.05) is 23.7 Å². The number of hydrogen-bond donors (Lipinski definition) is 2. The molecule has 0 amide bonds. The molecule has 4 heteroatoms. The Morgan fingerprint density at radius 1 is 1.00 bits per heavy atom. The molecule has 0 unspecified atom stereocenters. The van der Waals surface area contributed by atoms with Gasteiger partial charge in [-0.15, -0.1) is 0 Å². The van der Waals surface area contributed by atoms with Crippen molar-refractivity contribution >= 4 is 11.6 Å². The molecule has 0 aromatic carbocycles. The topological polar surface area (TPSA) is 49.8 Å². The van der Waals surface area contributed by atoms with Crippen molar-refractivity contribution in [1.29, 1.82) is 0 Å². The van der Waals surface area contributed by atoms with E-state index < -0.39 is 0 Å². The predicted octanol–water partition coefficient (Wildman–Crippen LogP) is 4.05. The van der Waals surface area contributed by atoms with Crippen molar-refractivity contribution in [3.8, 4) is 0 Å². The van der Waals surface area contributed by atoms with Gasteiger partial charge in [0.15, 0.2) is 0 Å². The number of anilines is 2. The van der Waals surface area contributed by atoms with Crippen molar-refractivity contribution < 1.29 is 0 Å². The number of nitrogens with zero attached hydrogens (tertiary/aromatic N) is 2. The molecule has 1 heterocycles. The van der Waals surface area contributed by atoms with Crippen LogP contribution in [0, 0.1) is 5.92 Å². The van der Waals surface area contributed by atoms with E-state index in [1.165, 1.54) is 12.8 Å². The van der Waals surface area contributed by atoms with Crippen molar-refractivity contribution in [3.63, 3.8) is 0 Å². The van der Waals surface area contributed by atoms with Crippen LogP contribution in [0.15, 0.2) is 6.07 Å². The van der Waals surface area contributed by atoms with Crippen LogP contribution >= 0.6 is 0 Å². The van der Waals surface area contributed by atoms with Gasteiger partial charge in [-0.05, 0) is 12.8 Å². The molecule has 114 valence electrons. The van der Waals surface area contributed by atoms with Crippen molar-refractivity contribution in [1.82, 2.24) is 9.97 Å². The van der Waals surface area contributed by atoms with E-state index >= 15 is 0 Å². The third kappa shape index (κ3) is 4.99. The summed E-state index contributed by atoms with van der Waals surface area (Å²) in [7, 11) is 0. The second kappa shape index (κ2) is 7.46. The Labute approximate surface area is 123 Å². The molecule has 1 rings (SSSR count). The van der Waals surface area contributed by atoms with Gasteiger partial charge in [0.2, 0.25) is 0 Å². The Balaban J connectivity index is 2.91. The first-order chi connectivity index (χ1) is 9.40. The lowest BCUT2D eigenvalue weighted by Crippen LogP contribution is -2.20. The largest absolute Gasteiger partial charge is 0.370 e. The molecule has 0 aliphatic rings. The van der Waals surface area contributed by atoms with E-state index in [2.05, 4.69) is 62.1 Å². The molecular formula is C16H30N4. The van der Waals surface area contributed by atoms with Gasteiger partial charge in [0.1, 0.15) is 17.5 Å². The van der Waals surface area contributed by atoms with Gasteiger partial charge in [-0.25, -0.2) is 9.97 Å². The minimum Gasteiger partial charge on any atom is -0.370 e. The summed E-state index contributed by atoms with van der Waals surface area (Å²) in [6, 6.07) is 2.00. The van der Waals surface area contributed by atoms with Crippen LogP contribution in [0.1, 0.15) is 60.2 Å². The first-order valence-electron chi connectivity index (χ1n) is 7.77. The van der Waals surface area contributed by atoms with E-state index in [0.29, 0.717) is 5.92 Å². The van der Waals surface area contributed by atoms with Gasteiger partial charge in [0.05, 0.1) is 0 Å². The van der Waals surface area contributed by atoms with E-state index in [0.717, 1.165) is 30.5 Å². The van der Waals surface area contributed by atoms with Crippen LogP contribution in [0.5, 0.6) is 0 Å². The van der Waals surface area contributed by atoms with Gasteiger partial charge in [-0.1, -0.05) is 47.5 Å². The summed E-state index contributed by atoms with van der Waals surface area (Å²) in [5.41, 5.74) is -0.0449. The van der Waals surface area contributed by atoms with Crippen molar-refractivity contribution in [2.24, 2.45) is 5.92 Å². The first kappa shape index (κ1) is 16.7. The average Bonchev–Trinajstić information content (AvgIpc) is 2.39. The lowest BCUT2D eigenvalue weighted by Gasteiger charge is -2.20. The van der Waals surface area contributed by atoms with Crippen LogP contribution in [-0.2, 0) is 5.41 Å². The van der Waals surface area contributed by atoms with Crippen LogP contribution < -0.4 is 10.6 Å². The number of hydrogen-bond acceptors (Lipinski definition) is 4. The highest BCUT2D eigenvalue weighted by atomic mass is 15.1. The molecule has 0 atom stereocenters. The molecule has 0 fully saturated rings. The maximum absolute atomic E-state index is 4.67. The Bertz CT molecular complexity index is 405. The molecule has 0 radical (unpaired) electrons. The average molecular weight is 278 g/mol. The van der Waals surface area contributed by atoms with Crippen LogP contribution in [0.25, 0.3) is 0 Å². The number of rotatable bonds is 7. The Morgan fingerprint density at radius 3 is 2.00 bits per heavy atom. The van der Waals surface area contributed by atoms with Crippen LogP contribution in [-0.4, -0.2) is 23.1 Å². The zero-order valence-corrected chi connectivity index (χ0v) is 13.9. The zero-order chi connectivity index (χ0) is 15.2. The molecule has 0 bridgehead atoms. The van der Waals surface area contributed by atoms with Gasteiger partial charge < -0.3 is 10.6 Å². The summed E-state index contributed by atoms with van der Waals surface area (Å²) in [4.78, 5) is 9.26. The Kier molecular flexibility index (Phi) is 6.24. The summed E-state index contributed by atoms with van der Waals surface area (Å²) in [6.45, 7) is 14.8. The fourth-order valence-corrected chi connectivity index (χ4v) is 1.97. The smallest absolute Gasteiger partial charge is 0.138 e. The molecule has 1 aromatic heterocycles. The summed E-state index contributed by atoms with van der Waals surface area (Å²) in [5, 5.41) is 6.75. The van der Waals surface area contributed by atoms with Gasteiger partial charge in [0.25, 0.3) is 0 Å². The molecule has 1 aromatic rings. The quantitative estimate of drug-likeness (QED) is 0.790. The van der Waals surface area contributed by atoms with E-state index in [1.807, 2.05) is 6.07 Å². The number of nitrogens with one attached hydrogen (secondary N) is 2. The molecule has 20 heavy (non-hydrogen) atoms. The molecule has 0 saturated carbocycles. The monoisotopic (exact) mass is 278 g/mol. The summed E-state index contributed by atoms with van der Waals surface area (Å²) in [5.74, 6) is 3.40. The Morgan fingerprint density at radius 2 is 1.55 bits per heavy atom. The van der Waals surface area contributed by atoms with Crippen LogP contribution in [0.4, 0.5) is 11.6 Å². The van der Waals surface area contributed by atoms with E-state index in [1.54, 1.807) is 0 Å². The molecule has 4 nitrogen and oxygen atoms in total. The molecule has 0 saturated heterocycles. The maximum atomic E-state index is 4.67. The van der Waals surface area contributed by atoms with Gasteiger partial charge in [-0.3, -0.25) is 0 Å². The highest BCUT2D eigenvalue weighted by Gasteiger charge is 2.19. The van der Waals surface area contributed by atoms with Gasteiger partial charge >= 0.3 is 0 Å². The highest BCUT2D eigenvalue weighted by molar-refractivity contribution is 5.48. The normalized spacial score (nSPS) is 11.8. The third-order valence-electron chi connectivity index (χ3n) is 3.48. The van der Waals surface area contributed by atoms with Gasteiger partial charge in [0, 0.05) is 24.6 Å². The second-order valence-corrected chi connectivity index (χ2v) is 6.31. The standard InChI is InChI=1S/C16H30N4/c1-7-12(8-2)11-18-14-10-13(17-9-3)19-15(20-14)16(4,5)6/h10,12H,7-9,11H2,1-6H3,(H2,17,18,19,20). The van der Waals surface area contributed by atoms with E-state index in [-0.39, 0.29) is 5.41 Å². The second-order valence-electron chi connectivity index (χ2n) is 6.31. The van der Waals surface area contributed by atoms with Crippen LogP contribution in [0.3, 0.4) is 0 Å². The maximum Gasteiger partial charge on any atom is 0.138 e. The Hall–Kier alpha value is -1.32. The van der Waals surface area contributed by atoms with Crippen LogP contribution in [0.2, 0.25) is 0 Å². The lowest BCUT2D eigenvalue weighted by atomic mass is 9.96. The zero-order valence-electron chi connectivity index (χ0n) is 13.9. The molecule has 0 aliphatic heterocycles. The minimum atomic E-state index is -0.0449. The molecular weight excluding hydrogens is 248 g/mol. The fourth-order valence-electron chi connectivity index (χ4n) is 1.97. The van der Waals surface area contributed by atoms with E-state index in [4.69, 9.17) is 0 Å². The number of aromatic nitrogens is 2. The SMILES string of the molecule is CCNc1cc(NCC(CC)CC)nc(C(C)(C)C)n1. The van der Waals surface area contributed by atoms with E-state index in [9.17, 15) is 0 Å². The molecule has 2 N–H and O–H groups in total. The van der Waals surface area contributed by atoms with Crippen molar-refractivity contribution in [2.45, 2.75) is 59.8 Å². The molecule has 0 aliphatic carbocycles. The summed E-state index contributed by atoms with van der Waals surface area (Å²) >= 11 is 0. The molecule has 0 spiro atoms. The third-order valence-corrected chi connectivity index (χ3v) is 3.48. The summed E-state index contributed by atoms with van der Waals surface area (Å²) in [6.07, 6.45) is 2.39. The van der Waals surface area contributed by atoms with Gasteiger partial charge in [-0.2, -0.15) is 0 Å². The lowest BCUT2D eigenvalue weighted by molar-refractivity contribution is 0.516. The fraction of sp³-hybridized carbons (Fsp3) is 0.750.